The topological polar surface area (TPSA) is 93.4 Å². The molecule has 140 valence electrons. The first-order valence-corrected chi connectivity index (χ1v) is 8.12. The number of Topliss-reactive ketones (excluding diaryl/α,β-unsaturated/α-hetero) is 1. The molecule has 1 atom stereocenters. The van der Waals surface area contributed by atoms with Crippen molar-refractivity contribution >= 4 is 23.5 Å². The highest BCUT2D eigenvalue weighted by atomic mass is 35.5. The molecule has 1 amide bonds. The summed E-state index contributed by atoms with van der Waals surface area (Å²) < 4.78 is 20.3. The van der Waals surface area contributed by atoms with E-state index in [0.29, 0.717) is 5.69 Å². The molecular weight excluding hydrogens is 365 g/mol. The van der Waals surface area contributed by atoms with Gasteiger partial charge in [0.1, 0.15) is 11.9 Å². The molecule has 2 aromatic rings. The largest absolute Gasteiger partial charge is 0.465 e. The second-order valence-electron chi connectivity index (χ2n) is 6.51. The molecule has 26 heavy (non-hydrogen) atoms. The molecule has 1 unspecified atom stereocenters. The van der Waals surface area contributed by atoms with Crippen molar-refractivity contribution in [2.45, 2.75) is 32.4 Å². The molecule has 0 aliphatic carbocycles. The zero-order valence-electron chi connectivity index (χ0n) is 14.5. The van der Waals surface area contributed by atoms with Gasteiger partial charge < -0.3 is 15.2 Å². The van der Waals surface area contributed by atoms with Gasteiger partial charge in [-0.05, 0) is 39.0 Å². The molecular formula is C17H19ClFN3O4. The fourth-order valence-electron chi connectivity index (χ4n) is 2.15. The first kappa shape index (κ1) is 19.9. The smallest absolute Gasteiger partial charge is 0.405 e. The molecule has 2 N–H and O–H groups in total. The van der Waals surface area contributed by atoms with E-state index in [0.717, 1.165) is 0 Å². The number of benzene rings is 1. The van der Waals surface area contributed by atoms with Crippen LogP contribution < -0.4 is 5.32 Å². The zero-order valence-corrected chi connectivity index (χ0v) is 15.2. The van der Waals surface area contributed by atoms with Gasteiger partial charge >= 0.3 is 6.09 Å². The van der Waals surface area contributed by atoms with E-state index in [1.54, 1.807) is 20.8 Å². The standard InChI is InChI=1S/C17H19ClFN3O4/c1-17(2,3)26-9-13(21-16(24)25)14(23)15-20-6-7-22(15)10-4-5-12(19)11(18)8-10/h4-8,13,21H,9H2,1-3H3,(H,24,25). The maximum absolute atomic E-state index is 13.4. The van der Waals surface area contributed by atoms with Gasteiger partial charge in [-0.2, -0.15) is 0 Å². The van der Waals surface area contributed by atoms with E-state index in [4.69, 9.17) is 21.4 Å². The van der Waals surface area contributed by atoms with Crippen molar-refractivity contribution in [3.63, 3.8) is 0 Å². The van der Waals surface area contributed by atoms with Crippen molar-refractivity contribution in [2.75, 3.05) is 6.61 Å². The van der Waals surface area contributed by atoms with Crippen LogP contribution in [0.1, 0.15) is 31.4 Å². The highest BCUT2D eigenvalue weighted by molar-refractivity contribution is 6.30. The molecule has 0 saturated heterocycles. The Morgan fingerprint density at radius 3 is 2.69 bits per heavy atom. The van der Waals surface area contributed by atoms with Gasteiger partial charge in [-0.3, -0.25) is 9.36 Å². The number of rotatable bonds is 6. The van der Waals surface area contributed by atoms with E-state index in [2.05, 4.69) is 10.3 Å². The molecule has 0 aliphatic rings. The van der Waals surface area contributed by atoms with Crippen LogP contribution in [0.2, 0.25) is 5.02 Å². The molecule has 1 aromatic carbocycles. The number of nitrogens with one attached hydrogen (secondary N) is 1. The highest BCUT2D eigenvalue weighted by Crippen LogP contribution is 2.20. The lowest BCUT2D eigenvalue weighted by Crippen LogP contribution is -2.45. The Balaban J connectivity index is 2.33. The average Bonchev–Trinajstić information content (AvgIpc) is 3.01. The van der Waals surface area contributed by atoms with Crippen LogP contribution in [0, 0.1) is 5.82 Å². The second-order valence-corrected chi connectivity index (χ2v) is 6.92. The molecule has 0 spiro atoms. The summed E-state index contributed by atoms with van der Waals surface area (Å²) in [5, 5.41) is 11.0. The van der Waals surface area contributed by atoms with Gasteiger partial charge in [-0.25, -0.2) is 14.2 Å². The van der Waals surface area contributed by atoms with Crippen molar-refractivity contribution in [2.24, 2.45) is 0 Å². The number of nitrogens with zero attached hydrogens (tertiary/aromatic N) is 2. The summed E-state index contributed by atoms with van der Waals surface area (Å²) in [5.41, 5.74) is -0.137. The van der Waals surface area contributed by atoms with Crippen LogP contribution in [0.25, 0.3) is 5.69 Å². The number of imidazole rings is 1. The van der Waals surface area contributed by atoms with Crippen LogP contribution in [0.5, 0.6) is 0 Å². The zero-order chi connectivity index (χ0) is 19.5. The quantitative estimate of drug-likeness (QED) is 0.746. The monoisotopic (exact) mass is 383 g/mol. The molecule has 0 radical (unpaired) electrons. The van der Waals surface area contributed by atoms with E-state index in [-0.39, 0.29) is 17.5 Å². The third-order valence-electron chi connectivity index (χ3n) is 3.34. The van der Waals surface area contributed by atoms with Gasteiger partial charge in [0, 0.05) is 18.1 Å². The number of ketones is 1. The predicted octanol–water partition coefficient (Wildman–Crippen LogP) is 3.30. The Morgan fingerprint density at radius 1 is 1.42 bits per heavy atom. The lowest BCUT2D eigenvalue weighted by atomic mass is 10.1. The van der Waals surface area contributed by atoms with Gasteiger partial charge in [0.15, 0.2) is 5.82 Å². The fourth-order valence-corrected chi connectivity index (χ4v) is 2.32. The summed E-state index contributed by atoms with van der Waals surface area (Å²) in [6.45, 7) is 5.20. The molecule has 9 heteroatoms. The number of hydrogen-bond acceptors (Lipinski definition) is 4. The molecule has 0 fully saturated rings. The van der Waals surface area contributed by atoms with Crippen molar-refractivity contribution < 1.29 is 23.8 Å². The first-order chi connectivity index (χ1) is 12.1. The minimum absolute atomic E-state index is 0.0241. The van der Waals surface area contributed by atoms with Crippen LogP contribution in [-0.2, 0) is 4.74 Å². The number of hydrogen-bond donors (Lipinski definition) is 2. The minimum atomic E-state index is -1.36. The molecule has 0 saturated carbocycles. The number of ether oxygens (including phenoxy) is 1. The summed E-state index contributed by atoms with van der Waals surface area (Å²) in [7, 11) is 0. The molecule has 7 nitrogen and oxygen atoms in total. The molecule has 1 heterocycles. The Hall–Kier alpha value is -2.45. The first-order valence-electron chi connectivity index (χ1n) is 7.75. The average molecular weight is 384 g/mol. The summed E-state index contributed by atoms with van der Waals surface area (Å²) in [5.74, 6) is -1.20. The van der Waals surface area contributed by atoms with Gasteiger partial charge in [0.05, 0.1) is 17.2 Å². The summed E-state index contributed by atoms with van der Waals surface area (Å²) in [6.07, 6.45) is 1.52. The predicted molar refractivity (Wildman–Crippen MR) is 93.5 cm³/mol. The molecule has 0 bridgehead atoms. The second kappa shape index (κ2) is 7.84. The number of halogens is 2. The minimum Gasteiger partial charge on any atom is -0.465 e. The van der Waals surface area contributed by atoms with E-state index in [9.17, 15) is 14.0 Å². The summed E-state index contributed by atoms with van der Waals surface area (Å²) >= 11 is 5.79. The van der Waals surface area contributed by atoms with Gasteiger partial charge in [-0.1, -0.05) is 11.6 Å². The van der Waals surface area contributed by atoms with E-state index in [1.165, 1.54) is 35.2 Å². The SMILES string of the molecule is CC(C)(C)OCC(NC(=O)O)C(=O)c1nccn1-c1ccc(F)c(Cl)c1. The maximum atomic E-state index is 13.4. The number of carboxylic acid groups (broad SMARTS) is 1. The van der Waals surface area contributed by atoms with Crippen LogP contribution >= 0.6 is 11.6 Å². The number of carbonyl (C=O) groups excluding carboxylic acids is 1. The third-order valence-corrected chi connectivity index (χ3v) is 3.63. The maximum Gasteiger partial charge on any atom is 0.405 e. The number of aromatic nitrogens is 2. The van der Waals surface area contributed by atoms with Crippen molar-refractivity contribution in [1.82, 2.24) is 14.9 Å². The van der Waals surface area contributed by atoms with E-state index >= 15 is 0 Å². The highest BCUT2D eigenvalue weighted by Gasteiger charge is 2.28. The lowest BCUT2D eigenvalue weighted by molar-refractivity contribution is -0.0115. The van der Waals surface area contributed by atoms with Crippen LogP contribution in [0.4, 0.5) is 9.18 Å². The molecule has 0 aliphatic heterocycles. The Kier molecular flexibility index (Phi) is 5.99. The molecule has 2 rings (SSSR count). The lowest BCUT2D eigenvalue weighted by Gasteiger charge is -2.23. The van der Waals surface area contributed by atoms with Crippen molar-refractivity contribution in [1.29, 1.82) is 0 Å². The van der Waals surface area contributed by atoms with Gasteiger partial charge in [0.2, 0.25) is 5.78 Å². The van der Waals surface area contributed by atoms with Gasteiger partial charge in [0.25, 0.3) is 0 Å². The molecule has 1 aromatic heterocycles. The summed E-state index contributed by atoms with van der Waals surface area (Å²) in [6, 6.07) is 2.80. The van der Waals surface area contributed by atoms with Crippen LogP contribution in [0.3, 0.4) is 0 Å². The van der Waals surface area contributed by atoms with Crippen LogP contribution in [0.15, 0.2) is 30.6 Å². The Labute approximate surface area is 154 Å². The number of amides is 1. The third kappa shape index (κ3) is 5.03. The number of carbonyl (C=O) groups is 2. The van der Waals surface area contributed by atoms with Crippen molar-refractivity contribution in [3.8, 4) is 5.69 Å². The Morgan fingerprint density at radius 2 is 2.12 bits per heavy atom. The summed E-state index contributed by atoms with van der Waals surface area (Å²) in [4.78, 5) is 27.9. The van der Waals surface area contributed by atoms with E-state index in [1.807, 2.05) is 0 Å². The normalized spacial score (nSPS) is 12.7. The Bertz CT molecular complexity index is 817. The van der Waals surface area contributed by atoms with Crippen molar-refractivity contribution in [3.05, 3.63) is 47.3 Å². The fraction of sp³-hybridized carbons (Fsp3) is 0.353. The van der Waals surface area contributed by atoms with Gasteiger partial charge in [-0.15, -0.1) is 0 Å². The van der Waals surface area contributed by atoms with E-state index < -0.39 is 29.3 Å². The van der Waals surface area contributed by atoms with Crippen LogP contribution in [-0.4, -0.2) is 44.8 Å².